The Morgan fingerprint density at radius 3 is 2.69 bits per heavy atom. The number of carboxylic acids is 1. The van der Waals surface area contributed by atoms with Crippen LogP contribution in [0.4, 0.5) is 0 Å². The summed E-state index contributed by atoms with van der Waals surface area (Å²) < 4.78 is 12.7. The van der Waals surface area contributed by atoms with Crippen molar-refractivity contribution in [2.24, 2.45) is 0 Å². The van der Waals surface area contributed by atoms with E-state index in [9.17, 15) is 9.59 Å². The van der Waals surface area contributed by atoms with Gasteiger partial charge in [0.25, 0.3) is 5.56 Å². The van der Waals surface area contributed by atoms with Gasteiger partial charge in [-0.05, 0) is 60.9 Å². The number of hydrogen-bond acceptors (Lipinski definition) is 6. The lowest BCUT2D eigenvalue weighted by molar-refractivity contribution is -0.139. The molecule has 0 fully saturated rings. The fraction of sp³-hybridized carbons (Fsp3) is 0.190. The zero-order valence-electron chi connectivity index (χ0n) is 16.1. The molecule has 0 unspecified atom stereocenters. The monoisotopic (exact) mass is 410 g/mol. The van der Waals surface area contributed by atoms with Crippen LogP contribution in [0, 0.1) is 13.8 Å². The number of fused-ring (bicyclic) bond motifs is 3. The topological polar surface area (TPSA) is 90.1 Å². The van der Waals surface area contributed by atoms with Gasteiger partial charge >= 0.3 is 5.97 Å². The standard InChI is InChI=1S/C21H18N2O5S/c1-11-6-14-15(7-12(11)2)23-20(26)18(29-21(23)22-14)9-13-4-5-16(17(8-13)27-3)28-10-19(24)25/h4-9H,10H2,1-3H3,(H,24,25). The molecule has 29 heavy (non-hydrogen) atoms. The van der Waals surface area contributed by atoms with Crippen molar-refractivity contribution in [2.75, 3.05) is 13.7 Å². The molecule has 0 amide bonds. The van der Waals surface area contributed by atoms with Crippen LogP contribution in [0.15, 0.2) is 35.1 Å². The summed E-state index contributed by atoms with van der Waals surface area (Å²) in [4.78, 5) is 28.9. The van der Waals surface area contributed by atoms with Crippen LogP contribution < -0.4 is 19.6 Å². The summed E-state index contributed by atoms with van der Waals surface area (Å²) in [7, 11) is 1.47. The van der Waals surface area contributed by atoms with Crippen LogP contribution >= 0.6 is 11.3 Å². The van der Waals surface area contributed by atoms with Gasteiger partial charge in [0.05, 0.1) is 22.7 Å². The first-order valence-corrected chi connectivity index (χ1v) is 9.65. The molecular formula is C21H18N2O5S. The van der Waals surface area contributed by atoms with Crippen LogP contribution in [0.1, 0.15) is 16.7 Å². The number of nitrogens with zero attached hydrogens (tertiary/aromatic N) is 2. The van der Waals surface area contributed by atoms with E-state index in [0.717, 1.165) is 27.7 Å². The highest BCUT2D eigenvalue weighted by atomic mass is 32.1. The van der Waals surface area contributed by atoms with Gasteiger partial charge in [-0.3, -0.25) is 4.79 Å². The maximum atomic E-state index is 13.0. The van der Waals surface area contributed by atoms with Gasteiger partial charge in [0.1, 0.15) is 0 Å². The number of methoxy groups -OCH3 is 1. The van der Waals surface area contributed by atoms with E-state index in [2.05, 4.69) is 4.98 Å². The Morgan fingerprint density at radius 1 is 1.21 bits per heavy atom. The minimum absolute atomic E-state index is 0.124. The quantitative estimate of drug-likeness (QED) is 0.544. The van der Waals surface area contributed by atoms with E-state index in [0.29, 0.717) is 21.0 Å². The highest BCUT2D eigenvalue weighted by Gasteiger charge is 2.13. The maximum absolute atomic E-state index is 13.0. The first-order valence-electron chi connectivity index (χ1n) is 8.84. The first kappa shape index (κ1) is 18.9. The fourth-order valence-corrected chi connectivity index (χ4v) is 4.09. The van der Waals surface area contributed by atoms with Crippen molar-refractivity contribution in [1.82, 2.24) is 9.38 Å². The minimum atomic E-state index is -1.07. The Labute approximate surface area is 169 Å². The third-order valence-electron chi connectivity index (χ3n) is 4.69. The highest BCUT2D eigenvalue weighted by molar-refractivity contribution is 7.15. The summed E-state index contributed by atoms with van der Waals surface area (Å²) in [5.74, 6) is -0.351. The lowest BCUT2D eigenvalue weighted by Gasteiger charge is -2.09. The molecule has 0 aliphatic heterocycles. The molecule has 0 saturated heterocycles. The summed E-state index contributed by atoms with van der Waals surface area (Å²) in [5.41, 5.74) is 4.48. The predicted octanol–water partition coefficient (Wildman–Crippen LogP) is 2.55. The van der Waals surface area contributed by atoms with Gasteiger partial charge in [-0.1, -0.05) is 17.4 Å². The minimum Gasteiger partial charge on any atom is -0.493 e. The van der Waals surface area contributed by atoms with Crippen LogP contribution in [-0.4, -0.2) is 34.2 Å². The number of rotatable bonds is 5. The average molecular weight is 410 g/mol. The fourth-order valence-electron chi connectivity index (χ4n) is 3.10. The normalized spacial score (nSPS) is 12.0. The second kappa shape index (κ2) is 7.21. The number of carboxylic acid groups (broad SMARTS) is 1. The van der Waals surface area contributed by atoms with Crippen molar-refractivity contribution in [2.45, 2.75) is 13.8 Å². The third kappa shape index (κ3) is 3.42. The zero-order chi connectivity index (χ0) is 20.7. The van der Waals surface area contributed by atoms with Gasteiger partial charge in [-0.2, -0.15) is 0 Å². The van der Waals surface area contributed by atoms with Crippen LogP contribution in [0.5, 0.6) is 11.5 Å². The van der Waals surface area contributed by atoms with E-state index in [4.69, 9.17) is 14.6 Å². The molecule has 0 bridgehead atoms. The molecule has 0 saturated carbocycles. The van der Waals surface area contributed by atoms with Crippen LogP contribution in [-0.2, 0) is 4.79 Å². The summed E-state index contributed by atoms with van der Waals surface area (Å²) >= 11 is 1.32. The molecule has 1 N–H and O–H groups in total. The highest BCUT2D eigenvalue weighted by Crippen LogP contribution is 2.28. The first-order chi connectivity index (χ1) is 13.9. The molecule has 8 heteroatoms. The van der Waals surface area contributed by atoms with E-state index in [-0.39, 0.29) is 5.56 Å². The Bertz CT molecular complexity index is 1370. The molecule has 2 aromatic heterocycles. The van der Waals surface area contributed by atoms with Crippen molar-refractivity contribution in [3.8, 4) is 11.5 Å². The number of imidazole rings is 1. The molecular weight excluding hydrogens is 392 g/mol. The van der Waals surface area contributed by atoms with Crippen molar-refractivity contribution in [1.29, 1.82) is 0 Å². The molecule has 0 spiro atoms. The molecule has 0 aliphatic rings. The average Bonchev–Trinajstić information content (AvgIpc) is 3.17. The van der Waals surface area contributed by atoms with Crippen molar-refractivity contribution in [3.63, 3.8) is 0 Å². The number of ether oxygens (including phenoxy) is 2. The largest absolute Gasteiger partial charge is 0.493 e. The molecule has 7 nitrogen and oxygen atoms in total. The molecule has 2 aromatic carbocycles. The number of aromatic nitrogens is 2. The van der Waals surface area contributed by atoms with Crippen molar-refractivity contribution < 1.29 is 19.4 Å². The van der Waals surface area contributed by atoms with Gasteiger partial charge in [0, 0.05) is 0 Å². The van der Waals surface area contributed by atoms with E-state index in [1.54, 1.807) is 28.7 Å². The second-order valence-corrected chi connectivity index (χ2v) is 7.67. The number of aryl methyl sites for hydroxylation is 2. The summed E-state index contributed by atoms with van der Waals surface area (Å²) in [5, 5.41) is 8.76. The molecule has 4 rings (SSSR count). The summed E-state index contributed by atoms with van der Waals surface area (Å²) in [6, 6.07) is 9.05. The van der Waals surface area contributed by atoms with Crippen LogP contribution in [0.25, 0.3) is 22.1 Å². The number of aliphatic carboxylic acids is 1. The summed E-state index contributed by atoms with van der Waals surface area (Å²) in [6.45, 7) is 3.58. The second-order valence-electron chi connectivity index (χ2n) is 6.66. The predicted molar refractivity (Wildman–Crippen MR) is 111 cm³/mol. The Balaban J connectivity index is 1.80. The van der Waals surface area contributed by atoms with Crippen LogP contribution in [0.2, 0.25) is 0 Å². The van der Waals surface area contributed by atoms with Crippen molar-refractivity contribution in [3.05, 3.63) is 61.9 Å². The van der Waals surface area contributed by atoms with E-state index in [1.807, 2.05) is 26.0 Å². The summed E-state index contributed by atoms with van der Waals surface area (Å²) in [6.07, 6.45) is 1.76. The lowest BCUT2D eigenvalue weighted by Crippen LogP contribution is -2.22. The van der Waals surface area contributed by atoms with Gasteiger partial charge < -0.3 is 14.6 Å². The molecule has 2 heterocycles. The van der Waals surface area contributed by atoms with Gasteiger partial charge in [0.15, 0.2) is 23.1 Å². The third-order valence-corrected chi connectivity index (χ3v) is 5.66. The molecule has 0 aliphatic carbocycles. The Kier molecular flexibility index (Phi) is 4.71. The molecule has 0 radical (unpaired) electrons. The van der Waals surface area contributed by atoms with E-state index < -0.39 is 12.6 Å². The van der Waals surface area contributed by atoms with Crippen molar-refractivity contribution >= 4 is 39.4 Å². The Hall–Kier alpha value is -3.39. The molecule has 0 atom stereocenters. The van der Waals surface area contributed by atoms with Gasteiger partial charge in [-0.15, -0.1) is 0 Å². The van der Waals surface area contributed by atoms with Gasteiger partial charge in [-0.25, -0.2) is 14.2 Å². The maximum Gasteiger partial charge on any atom is 0.341 e. The number of carbonyl (C=O) groups is 1. The number of benzene rings is 2. The van der Waals surface area contributed by atoms with Crippen LogP contribution in [0.3, 0.4) is 0 Å². The zero-order valence-corrected chi connectivity index (χ0v) is 16.9. The number of hydrogen-bond donors (Lipinski definition) is 1. The molecule has 148 valence electrons. The van der Waals surface area contributed by atoms with E-state index in [1.165, 1.54) is 18.4 Å². The lowest BCUT2D eigenvalue weighted by atomic mass is 10.1. The van der Waals surface area contributed by atoms with E-state index >= 15 is 0 Å². The Morgan fingerprint density at radius 2 is 1.97 bits per heavy atom. The van der Waals surface area contributed by atoms with Gasteiger partial charge in [0.2, 0.25) is 0 Å². The smallest absolute Gasteiger partial charge is 0.341 e. The number of thiazole rings is 1. The SMILES string of the molecule is COc1cc(C=c2sc3nc4cc(C)c(C)cc4n3c2=O)ccc1OCC(=O)O. The molecule has 4 aromatic rings.